The molecule has 492 valence electrons. The van der Waals surface area contributed by atoms with E-state index in [2.05, 4.69) is 38.7 Å². The fourth-order valence-electron chi connectivity index (χ4n) is 13.5. The van der Waals surface area contributed by atoms with E-state index in [1.807, 2.05) is 64.1 Å². The lowest BCUT2D eigenvalue weighted by Gasteiger charge is -2.35. The van der Waals surface area contributed by atoms with Gasteiger partial charge in [-0.2, -0.15) is 0 Å². The number of amides is 8. The van der Waals surface area contributed by atoms with Crippen LogP contribution in [0.2, 0.25) is 0 Å². The van der Waals surface area contributed by atoms with Crippen molar-refractivity contribution in [1.82, 2.24) is 41.3 Å². The van der Waals surface area contributed by atoms with Gasteiger partial charge in [0.2, 0.25) is 35.4 Å². The van der Waals surface area contributed by atoms with Gasteiger partial charge < -0.3 is 55.3 Å². The predicted molar refractivity (Wildman–Crippen MR) is 344 cm³/mol. The van der Waals surface area contributed by atoms with E-state index in [0.717, 1.165) is 73.6 Å². The third-order valence-corrected chi connectivity index (χ3v) is 20.7. The smallest absolute Gasteiger partial charge is 0.410 e. The molecule has 2 aliphatic carbocycles. The van der Waals surface area contributed by atoms with Crippen molar-refractivity contribution in [3.63, 3.8) is 0 Å². The first-order chi connectivity index (χ1) is 41.9. The molecule has 4 saturated heterocycles. The Kier molecular flexibility index (Phi) is 22.9. The molecule has 12 atom stereocenters. The van der Waals surface area contributed by atoms with Crippen LogP contribution in [0.4, 0.5) is 9.59 Å². The molecule has 20 nitrogen and oxygen atoms in total. The summed E-state index contributed by atoms with van der Waals surface area (Å²) < 4.78 is 24.0. The highest BCUT2D eigenvalue weighted by atomic mass is 32.2. The summed E-state index contributed by atoms with van der Waals surface area (Å²) in [5, 5.41) is 14.6. The zero-order chi connectivity index (χ0) is 64.8. The number of benzene rings is 2. The Hall–Kier alpha value is -5.58. The van der Waals surface area contributed by atoms with Crippen molar-refractivity contribution in [3.05, 3.63) is 70.8 Å². The zero-order valence-corrected chi connectivity index (χ0v) is 56.5. The average Bonchev–Trinajstić information content (AvgIpc) is 1.64. The van der Waals surface area contributed by atoms with Crippen LogP contribution in [-0.4, -0.2) is 165 Å². The summed E-state index contributed by atoms with van der Waals surface area (Å²) >= 11 is 3.26. The number of rotatable bonds is 23. The van der Waals surface area contributed by atoms with Crippen LogP contribution in [0, 0.1) is 10.8 Å². The van der Waals surface area contributed by atoms with E-state index in [9.17, 15) is 38.4 Å². The molecule has 0 aromatic heterocycles. The monoisotopic (exact) mass is 1270 g/mol. The number of thioether (sulfide) groups is 2. The molecule has 2 aromatic rings. The fraction of sp³-hybridized carbons (Fsp3) is 0.701. The fourth-order valence-corrected chi connectivity index (χ4v) is 16.6. The zero-order valence-electron chi connectivity index (χ0n) is 54.8. The second-order valence-electron chi connectivity index (χ2n) is 28.6. The molecule has 4 fully saturated rings. The lowest BCUT2D eigenvalue weighted by molar-refractivity contribution is -0.144. The minimum atomic E-state index is -0.951. The SMILES string of the molecule is C[C@H](NC(=O)OC(C)(C)C)C(=O)N[C@H]1CCS[C@H]2CC(C)(C)[C@@H](C(=O)N[C@H]3c4ccccc4C[C@H]3OCCCCCCCCCCO[C@@H]3Cc4ccccc4[C@@H]3NC(=O)[C@H]3N4C(=O)[C@@H](NC(=O)[C@H](C)N(C)C(=O)OC(C)(C)C)CCS[C@H]4CC3(C)C)N2C1=O. The molecule has 89 heavy (non-hydrogen) atoms. The van der Waals surface area contributed by atoms with E-state index in [1.54, 1.807) is 88.7 Å². The molecule has 22 heteroatoms. The molecular formula is C67H100N8O12S2. The number of likely N-dealkylation sites (N-methyl/N-ethyl adjacent to an activating group) is 1. The molecule has 4 aliphatic heterocycles. The lowest BCUT2D eigenvalue weighted by Crippen LogP contribution is -2.58. The first-order valence-electron chi connectivity index (χ1n) is 32.4. The number of carbonyl (C=O) groups excluding carboxylic acids is 8. The van der Waals surface area contributed by atoms with Crippen LogP contribution in [0.25, 0.3) is 0 Å². The summed E-state index contributed by atoms with van der Waals surface area (Å²) in [6, 6.07) is 10.3. The molecule has 0 saturated carbocycles. The standard InChI is InChI=1S/C67H100N8O12S2/c1-40(68-62(82)86-64(3,4)5)56(76)69-46-30-34-88-50-38-66(9,10)54(74(50)60(46)80)58(78)71-52-44-28-22-20-26-42(44)36-48(52)84-32-24-18-16-14-15-17-19-25-33-85-49-37-43-27-21-23-29-45(43)53(49)72-59(79)55-67(11,12)39-51-75(55)61(81)47(31-35-89-51)70-57(77)41(2)73(13)63(83)87-65(6,7)8/h20-23,26-29,40-41,46-55H,14-19,24-25,30-39H2,1-13H3,(H,68,82)(H,69,76)(H,70,77)(H,71,78)(H,72,79)/t40-,41-,46-,47-,48+,49+,50-,51-,52-,53-,54+,55+/m0/s1. The van der Waals surface area contributed by atoms with Crippen molar-refractivity contribution in [1.29, 1.82) is 0 Å². The van der Waals surface area contributed by atoms with Crippen molar-refractivity contribution in [2.24, 2.45) is 10.8 Å². The molecule has 0 spiro atoms. The number of unbranched alkanes of at least 4 members (excludes halogenated alkanes) is 7. The Labute approximate surface area is 536 Å². The minimum absolute atomic E-state index is 0.234. The highest BCUT2D eigenvalue weighted by Crippen LogP contribution is 2.49. The number of hydrogen-bond donors (Lipinski definition) is 5. The molecule has 5 N–H and O–H groups in total. The van der Waals surface area contributed by atoms with Crippen LogP contribution in [-0.2, 0) is 60.6 Å². The first-order valence-corrected chi connectivity index (χ1v) is 34.5. The summed E-state index contributed by atoms with van der Waals surface area (Å²) in [7, 11) is 1.50. The van der Waals surface area contributed by atoms with Gasteiger partial charge in [0.1, 0.15) is 47.5 Å². The number of fused-ring (bicyclic) bond motifs is 4. The van der Waals surface area contributed by atoms with E-state index in [-0.39, 0.29) is 46.6 Å². The van der Waals surface area contributed by atoms with Crippen molar-refractivity contribution < 1.29 is 57.3 Å². The predicted octanol–water partition coefficient (Wildman–Crippen LogP) is 9.02. The molecule has 2 aromatic carbocycles. The maximum Gasteiger partial charge on any atom is 0.410 e. The van der Waals surface area contributed by atoms with Crippen LogP contribution in [0.5, 0.6) is 0 Å². The van der Waals surface area contributed by atoms with Gasteiger partial charge in [0.25, 0.3) is 0 Å². The number of hydrogen-bond acceptors (Lipinski definition) is 14. The number of ether oxygens (including phenoxy) is 4. The van der Waals surface area contributed by atoms with E-state index >= 15 is 0 Å². The Morgan fingerprint density at radius 1 is 0.596 bits per heavy atom. The molecule has 0 radical (unpaired) electrons. The van der Waals surface area contributed by atoms with Gasteiger partial charge in [-0.05, 0) is 139 Å². The Balaban J connectivity index is 0.766. The average molecular weight is 1270 g/mol. The minimum Gasteiger partial charge on any atom is -0.444 e. The normalized spacial score (nSPS) is 26.7. The second kappa shape index (κ2) is 29.4. The summed E-state index contributed by atoms with van der Waals surface area (Å²) in [6.45, 7) is 22.8. The highest BCUT2D eigenvalue weighted by Gasteiger charge is 2.57. The van der Waals surface area contributed by atoms with Crippen molar-refractivity contribution in [2.75, 3.05) is 31.8 Å². The van der Waals surface area contributed by atoms with Gasteiger partial charge in [-0.3, -0.25) is 33.7 Å². The van der Waals surface area contributed by atoms with Crippen molar-refractivity contribution in [2.45, 2.75) is 255 Å². The van der Waals surface area contributed by atoms with E-state index < -0.39 is 94.4 Å². The summed E-state index contributed by atoms with van der Waals surface area (Å²) in [6.07, 6.45) is 9.62. The molecule has 0 bridgehead atoms. The van der Waals surface area contributed by atoms with Gasteiger partial charge >= 0.3 is 12.2 Å². The lowest BCUT2D eigenvalue weighted by atomic mass is 9.83. The van der Waals surface area contributed by atoms with Gasteiger partial charge in [-0.1, -0.05) is 115 Å². The Morgan fingerprint density at radius 2 is 1.00 bits per heavy atom. The van der Waals surface area contributed by atoms with Crippen LogP contribution < -0.4 is 26.6 Å². The maximum atomic E-state index is 14.7. The highest BCUT2D eigenvalue weighted by molar-refractivity contribution is 8.00. The van der Waals surface area contributed by atoms with E-state index in [1.165, 1.54) is 11.9 Å². The van der Waals surface area contributed by atoms with Gasteiger partial charge in [-0.15, -0.1) is 23.5 Å². The van der Waals surface area contributed by atoms with Crippen LogP contribution in [0.1, 0.15) is 194 Å². The number of nitrogens with zero attached hydrogens (tertiary/aromatic N) is 3. The first kappa shape index (κ1) is 69.3. The molecule has 6 aliphatic rings. The van der Waals surface area contributed by atoms with Crippen LogP contribution in [0.15, 0.2) is 48.5 Å². The van der Waals surface area contributed by atoms with E-state index in [0.29, 0.717) is 63.2 Å². The number of carbonyl (C=O) groups is 8. The van der Waals surface area contributed by atoms with Crippen molar-refractivity contribution >= 4 is 71.2 Å². The van der Waals surface area contributed by atoms with Gasteiger partial charge in [0.05, 0.1) is 35.0 Å². The quantitative estimate of drug-likeness (QED) is 0.0652. The number of alkyl carbamates (subject to hydrolysis) is 1. The second-order valence-corrected chi connectivity index (χ2v) is 31.2. The van der Waals surface area contributed by atoms with Crippen LogP contribution >= 0.6 is 23.5 Å². The molecule has 0 unspecified atom stereocenters. The van der Waals surface area contributed by atoms with Gasteiger partial charge in [0, 0.05) is 33.1 Å². The largest absolute Gasteiger partial charge is 0.444 e. The topological polar surface area (TPSA) is 243 Å². The maximum absolute atomic E-state index is 14.7. The molecule has 8 amide bonds. The number of nitrogens with one attached hydrogen (secondary N) is 5. The molecule has 8 rings (SSSR count). The third kappa shape index (κ3) is 17.3. The molecular weight excluding hydrogens is 1170 g/mol. The van der Waals surface area contributed by atoms with Gasteiger partial charge in [-0.25, -0.2) is 9.59 Å². The summed E-state index contributed by atoms with van der Waals surface area (Å²) in [4.78, 5) is 115. The third-order valence-electron chi connectivity index (χ3n) is 18.2. The van der Waals surface area contributed by atoms with Gasteiger partial charge in [0.15, 0.2) is 0 Å². The Bertz CT molecular complexity index is 2880. The summed E-state index contributed by atoms with van der Waals surface area (Å²) in [5.74, 6) is -0.845. The van der Waals surface area contributed by atoms with Crippen molar-refractivity contribution in [3.8, 4) is 0 Å². The van der Waals surface area contributed by atoms with Crippen LogP contribution in [0.3, 0.4) is 0 Å². The Morgan fingerprint density at radius 3 is 1.43 bits per heavy atom. The summed E-state index contributed by atoms with van der Waals surface area (Å²) in [5.41, 5.74) is 1.70. The van der Waals surface area contributed by atoms with E-state index in [4.69, 9.17) is 18.9 Å². The molecule has 4 heterocycles.